The van der Waals surface area contributed by atoms with E-state index in [4.69, 9.17) is 0 Å². The molecule has 2 heterocycles. The van der Waals surface area contributed by atoms with Crippen LogP contribution < -0.4 is 0 Å². The van der Waals surface area contributed by atoms with E-state index >= 15 is 0 Å². The van der Waals surface area contributed by atoms with E-state index in [1.54, 1.807) is 0 Å². The van der Waals surface area contributed by atoms with Crippen molar-refractivity contribution in [3.63, 3.8) is 0 Å². The van der Waals surface area contributed by atoms with Crippen LogP contribution in [0.3, 0.4) is 0 Å². The van der Waals surface area contributed by atoms with Crippen molar-refractivity contribution in [1.82, 2.24) is 14.9 Å². The molecule has 0 aromatic carbocycles. The average Bonchev–Trinajstić information content (AvgIpc) is 2.57. The van der Waals surface area contributed by atoms with Gasteiger partial charge in [-0.25, -0.2) is 0 Å². The van der Waals surface area contributed by atoms with Gasteiger partial charge in [-0.15, -0.1) is 0 Å². The molecular formula is C20H25N3. The molecule has 0 saturated heterocycles. The first-order valence-electron chi connectivity index (χ1n) is 8.09. The van der Waals surface area contributed by atoms with Gasteiger partial charge in [0.1, 0.15) is 0 Å². The van der Waals surface area contributed by atoms with Crippen molar-refractivity contribution in [2.24, 2.45) is 5.92 Å². The molecular weight excluding hydrogens is 282 g/mol. The first-order chi connectivity index (χ1) is 11.3. The van der Waals surface area contributed by atoms with Gasteiger partial charge in [0, 0.05) is 32.0 Å². The molecule has 23 heavy (non-hydrogen) atoms. The molecule has 2 aromatic heterocycles. The molecule has 0 radical (unpaired) electrons. The Hall–Kier alpha value is -2.26. The van der Waals surface area contributed by atoms with Crippen molar-refractivity contribution < 1.29 is 0 Å². The van der Waals surface area contributed by atoms with Crippen LogP contribution in [-0.2, 0) is 13.1 Å². The van der Waals surface area contributed by atoms with Gasteiger partial charge in [0.2, 0.25) is 0 Å². The second-order valence-corrected chi connectivity index (χ2v) is 5.70. The number of rotatable bonds is 8. The molecule has 0 aliphatic carbocycles. The van der Waals surface area contributed by atoms with Crippen molar-refractivity contribution in [3.8, 4) is 0 Å². The van der Waals surface area contributed by atoms with Crippen LogP contribution in [0.4, 0.5) is 0 Å². The second-order valence-electron chi connectivity index (χ2n) is 5.70. The summed E-state index contributed by atoms with van der Waals surface area (Å²) in [7, 11) is 0. The third-order valence-corrected chi connectivity index (χ3v) is 3.51. The Bertz CT molecular complexity index is 564. The minimum atomic E-state index is 0.471. The maximum absolute atomic E-state index is 4.45. The van der Waals surface area contributed by atoms with Crippen LogP contribution in [0.15, 0.2) is 73.1 Å². The third-order valence-electron chi connectivity index (χ3n) is 3.51. The Labute approximate surface area is 139 Å². The quantitative estimate of drug-likeness (QED) is 0.683. The summed E-state index contributed by atoms with van der Waals surface area (Å²) in [5, 5.41) is 0. The smallest absolute Gasteiger partial charge is 0.0544 e. The molecule has 1 unspecified atom stereocenters. The highest BCUT2D eigenvalue weighted by atomic mass is 15.1. The SMILES string of the molecule is C/C=C\C=C/C(C)CN(Cc1ccccn1)Cc1ccccn1. The lowest BCUT2D eigenvalue weighted by Crippen LogP contribution is -2.28. The number of hydrogen-bond donors (Lipinski definition) is 0. The Morgan fingerprint density at radius 2 is 1.57 bits per heavy atom. The summed E-state index contributed by atoms with van der Waals surface area (Å²) in [6.45, 7) is 6.91. The molecule has 2 rings (SSSR count). The predicted octanol–water partition coefficient (Wildman–Crippen LogP) is 4.25. The Morgan fingerprint density at radius 3 is 2.04 bits per heavy atom. The highest BCUT2D eigenvalue weighted by Crippen LogP contribution is 2.11. The largest absolute Gasteiger partial charge is 0.291 e. The molecule has 0 N–H and O–H groups in total. The van der Waals surface area contributed by atoms with Gasteiger partial charge in [-0.3, -0.25) is 14.9 Å². The lowest BCUT2D eigenvalue weighted by Gasteiger charge is -2.24. The highest BCUT2D eigenvalue weighted by Gasteiger charge is 2.11. The fourth-order valence-electron chi connectivity index (χ4n) is 2.46. The maximum Gasteiger partial charge on any atom is 0.0544 e. The lowest BCUT2D eigenvalue weighted by molar-refractivity contribution is 0.231. The number of aromatic nitrogens is 2. The van der Waals surface area contributed by atoms with Crippen molar-refractivity contribution in [1.29, 1.82) is 0 Å². The molecule has 0 aliphatic heterocycles. The molecule has 120 valence electrons. The van der Waals surface area contributed by atoms with Crippen LogP contribution in [0.2, 0.25) is 0 Å². The zero-order valence-electron chi connectivity index (χ0n) is 14.0. The first kappa shape index (κ1) is 17.1. The Morgan fingerprint density at radius 1 is 0.957 bits per heavy atom. The monoisotopic (exact) mass is 307 g/mol. The van der Waals surface area contributed by atoms with E-state index in [-0.39, 0.29) is 0 Å². The Balaban J connectivity index is 2.04. The molecule has 0 aliphatic rings. The van der Waals surface area contributed by atoms with E-state index in [1.165, 1.54) is 0 Å². The third kappa shape index (κ3) is 6.57. The average molecular weight is 307 g/mol. The normalized spacial score (nSPS) is 13.2. The first-order valence-corrected chi connectivity index (χ1v) is 8.09. The topological polar surface area (TPSA) is 29.0 Å². The van der Waals surface area contributed by atoms with Crippen molar-refractivity contribution in [3.05, 3.63) is 84.5 Å². The van der Waals surface area contributed by atoms with Gasteiger partial charge >= 0.3 is 0 Å². The maximum atomic E-state index is 4.45. The zero-order chi connectivity index (χ0) is 16.3. The molecule has 3 nitrogen and oxygen atoms in total. The molecule has 2 aromatic rings. The molecule has 0 saturated carbocycles. The Kier molecular flexibility index (Phi) is 7.21. The molecule has 1 atom stereocenters. The standard InChI is InChI=1S/C20H25N3/c1-3-4-5-10-18(2)15-23(16-19-11-6-8-13-21-19)17-20-12-7-9-14-22-20/h3-14,18H,15-17H2,1-2H3/b4-3-,10-5-. The van der Waals surface area contributed by atoms with E-state index in [2.05, 4.69) is 52.2 Å². The highest BCUT2D eigenvalue weighted by molar-refractivity contribution is 5.07. The van der Waals surface area contributed by atoms with E-state index in [0.29, 0.717) is 5.92 Å². The van der Waals surface area contributed by atoms with Crippen LogP contribution in [0.1, 0.15) is 25.2 Å². The van der Waals surface area contributed by atoms with Gasteiger partial charge in [-0.05, 0) is 37.1 Å². The predicted molar refractivity (Wildman–Crippen MR) is 95.7 cm³/mol. The van der Waals surface area contributed by atoms with Gasteiger partial charge in [0.25, 0.3) is 0 Å². The number of nitrogens with zero attached hydrogens (tertiary/aromatic N) is 3. The summed E-state index contributed by atoms with van der Waals surface area (Å²) in [5.41, 5.74) is 2.18. The van der Waals surface area contributed by atoms with Crippen molar-refractivity contribution >= 4 is 0 Å². The molecule has 0 bridgehead atoms. The number of pyridine rings is 2. The van der Waals surface area contributed by atoms with Crippen LogP contribution >= 0.6 is 0 Å². The summed E-state index contributed by atoms with van der Waals surface area (Å²) in [6, 6.07) is 12.1. The molecule has 0 fully saturated rings. The van der Waals surface area contributed by atoms with E-state index < -0.39 is 0 Å². The summed E-state index contributed by atoms with van der Waals surface area (Å²) >= 11 is 0. The summed E-state index contributed by atoms with van der Waals surface area (Å²) in [4.78, 5) is 11.3. The van der Waals surface area contributed by atoms with Crippen LogP contribution in [-0.4, -0.2) is 21.4 Å². The van der Waals surface area contributed by atoms with Crippen LogP contribution in [0, 0.1) is 5.92 Å². The summed E-state index contributed by atoms with van der Waals surface area (Å²) in [6.07, 6.45) is 12.2. The fraction of sp³-hybridized carbons (Fsp3) is 0.300. The number of hydrogen-bond acceptors (Lipinski definition) is 3. The van der Waals surface area contributed by atoms with Gasteiger partial charge in [0.05, 0.1) is 11.4 Å². The molecule has 0 amide bonds. The second kappa shape index (κ2) is 9.70. The van der Waals surface area contributed by atoms with Crippen LogP contribution in [0.5, 0.6) is 0 Å². The van der Waals surface area contributed by atoms with Gasteiger partial charge in [0.15, 0.2) is 0 Å². The fourth-order valence-corrected chi connectivity index (χ4v) is 2.46. The molecule has 3 heteroatoms. The lowest BCUT2D eigenvalue weighted by atomic mass is 10.1. The van der Waals surface area contributed by atoms with Gasteiger partial charge in [-0.2, -0.15) is 0 Å². The minimum absolute atomic E-state index is 0.471. The van der Waals surface area contributed by atoms with E-state index in [0.717, 1.165) is 31.0 Å². The van der Waals surface area contributed by atoms with Gasteiger partial charge in [-0.1, -0.05) is 43.4 Å². The minimum Gasteiger partial charge on any atom is -0.291 e. The van der Waals surface area contributed by atoms with Crippen molar-refractivity contribution in [2.75, 3.05) is 6.54 Å². The molecule has 0 spiro atoms. The summed E-state index contributed by atoms with van der Waals surface area (Å²) in [5.74, 6) is 0.471. The van der Waals surface area contributed by atoms with Crippen molar-refractivity contribution in [2.45, 2.75) is 26.9 Å². The number of allylic oxidation sites excluding steroid dienone is 3. The van der Waals surface area contributed by atoms with Crippen LogP contribution in [0.25, 0.3) is 0 Å². The summed E-state index contributed by atoms with van der Waals surface area (Å²) < 4.78 is 0. The van der Waals surface area contributed by atoms with E-state index in [1.807, 2.05) is 49.7 Å². The zero-order valence-corrected chi connectivity index (χ0v) is 14.0. The van der Waals surface area contributed by atoms with E-state index in [9.17, 15) is 0 Å². The van der Waals surface area contributed by atoms with Gasteiger partial charge < -0.3 is 0 Å².